The number of nitrogens with zero attached hydrogens (tertiary/aromatic N) is 1. The number of carbonyl (C=O) groups excluding carboxylic acids is 3. The van der Waals surface area contributed by atoms with Crippen molar-refractivity contribution in [3.05, 3.63) is 64.2 Å². The number of imide groups is 1. The van der Waals surface area contributed by atoms with Gasteiger partial charge in [-0.1, -0.05) is 23.7 Å². The van der Waals surface area contributed by atoms with Gasteiger partial charge in [-0.3, -0.25) is 14.5 Å². The molecule has 0 bridgehead atoms. The van der Waals surface area contributed by atoms with E-state index in [4.69, 9.17) is 11.6 Å². The van der Waals surface area contributed by atoms with Crippen LogP contribution in [0.5, 0.6) is 0 Å². The topological polar surface area (TPSA) is 78.5 Å². The Labute approximate surface area is 149 Å². The predicted molar refractivity (Wildman–Crippen MR) is 94.5 cm³/mol. The van der Waals surface area contributed by atoms with Gasteiger partial charge in [0.25, 0.3) is 5.91 Å². The largest absolute Gasteiger partial charge is 0.329 e. The van der Waals surface area contributed by atoms with Gasteiger partial charge in [0.2, 0.25) is 5.91 Å². The number of urea groups is 1. The molecule has 1 heterocycles. The van der Waals surface area contributed by atoms with Crippen LogP contribution in [0.25, 0.3) is 0 Å². The van der Waals surface area contributed by atoms with Crippen LogP contribution < -0.4 is 10.6 Å². The van der Waals surface area contributed by atoms with Crippen LogP contribution in [0.2, 0.25) is 5.02 Å². The average Bonchev–Trinajstić information content (AvgIpc) is 2.90. The Morgan fingerprint density at radius 1 is 1.20 bits per heavy atom. The van der Waals surface area contributed by atoms with Gasteiger partial charge in [-0.05, 0) is 48.4 Å². The van der Waals surface area contributed by atoms with Crippen LogP contribution in [-0.4, -0.2) is 29.3 Å². The predicted octanol–water partition coefficient (Wildman–Crippen LogP) is 2.95. The second-order valence-electron chi connectivity index (χ2n) is 5.75. The summed E-state index contributed by atoms with van der Waals surface area (Å²) in [5, 5.41) is 5.92. The minimum atomic E-state index is -0.398. The average molecular weight is 358 g/mol. The van der Waals surface area contributed by atoms with E-state index in [0.717, 1.165) is 16.0 Å². The molecule has 0 atom stereocenters. The maximum Gasteiger partial charge on any atom is 0.324 e. The molecule has 2 aromatic rings. The van der Waals surface area contributed by atoms with E-state index < -0.39 is 6.03 Å². The van der Waals surface area contributed by atoms with Crippen LogP contribution in [-0.2, 0) is 11.3 Å². The number of halogens is 1. The molecule has 0 aromatic heterocycles. The summed E-state index contributed by atoms with van der Waals surface area (Å²) in [6, 6.07) is 11.6. The Kier molecular flexibility index (Phi) is 4.72. The smallest absolute Gasteiger partial charge is 0.324 e. The molecule has 3 rings (SSSR count). The molecule has 0 radical (unpaired) electrons. The number of amides is 4. The van der Waals surface area contributed by atoms with Crippen molar-refractivity contribution in [2.24, 2.45) is 0 Å². The lowest BCUT2D eigenvalue weighted by Crippen LogP contribution is -2.30. The summed E-state index contributed by atoms with van der Waals surface area (Å²) >= 11 is 5.91. The van der Waals surface area contributed by atoms with Gasteiger partial charge in [-0.2, -0.15) is 0 Å². The fourth-order valence-electron chi connectivity index (χ4n) is 2.52. The molecule has 1 fully saturated rings. The van der Waals surface area contributed by atoms with E-state index in [2.05, 4.69) is 10.6 Å². The first-order valence-electron chi connectivity index (χ1n) is 7.68. The van der Waals surface area contributed by atoms with Crippen LogP contribution in [0.4, 0.5) is 10.5 Å². The molecule has 1 aliphatic heterocycles. The monoisotopic (exact) mass is 357 g/mol. The third-order valence-corrected chi connectivity index (χ3v) is 4.17. The van der Waals surface area contributed by atoms with Crippen molar-refractivity contribution < 1.29 is 14.4 Å². The molecule has 1 aliphatic rings. The van der Waals surface area contributed by atoms with Crippen molar-refractivity contribution in [1.29, 1.82) is 0 Å². The second-order valence-corrected chi connectivity index (χ2v) is 6.19. The molecular weight excluding hydrogens is 342 g/mol. The van der Waals surface area contributed by atoms with E-state index in [-0.39, 0.29) is 24.9 Å². The summed E-state index contributed by atoms with van der Waals surface area (Å²) in [4.78, 5) is 36.6. The lowest BCUT2D eigenvalue weighted by molar-refractivity contribution is -0.125. The molecule has 0 spiro atoms. The first kappa shape index (κ1) is 17.0. The van der Waals surface area contributed by atoms with Gasteiger partial charge >= 0.3 is 6.03 Å². The number of aryl methyl sites for hydroxylation is 1. The number of carbonyl (C=O) groups is 3. The van der Waals surface area contributed by atoms with Crippen molar-refractivity contribution in [3.63, 3.8) is 0 Å². The Bertz CT molecular complexity index is 833. The SMILES string of the molecule is Cc1cc(Cl)ccc1NC(=O)c1ccc(CN2C(=O)CNC2=O)cc1. The number of nitrogens with one attached hydrogen (secondary N) is 2. The quantitative estimate of drug-likeness (QED) is 0.826. The van der Waals surface area contributed by atoms with Gasteiger partial charge in [0.1, 0.15) is 0 Å². The van der Waals surface area contributed by atoms with Gasteiger partial charge in [0.05, 0.1) is 13.1 Å². The maximum atomic E-state index is 12.3. The van der Waals surface area contributed by atoms with E-state index in [1.165, 1.54) is 0 Å². The molecule has 1 saturated heterocycles. The lowest BCUT2D eigenvalue weighted by Gasteiger charge is -2.13. The molecule has 25 heavy (non-hydrogen) atoms. The van der Waals surface area contributed by atoms with Crippen molar-refractivity contribution in [3.8, 4) is 0 Å². The first-order valence-corrected chi connectivity index (χ1v) is 8.06. The van der Waals surface area contributed by atoms with E-state index in [0.29, 0.717) is 16.3 Å². The molecular formula is C18H16ClN3O3. The first-order chi connectivity index (χ1) is 11.9. The highest BCUT2D eigenvalue weighted by atomic mass is 35.5. The molecule has 4 amide bonds. The third kappa shape index (κ3) is 3.80. The minimum absolute atomic E-state index is 0.0275. The van der Waals surface area contributed by atoms with Gasteiger partial charge in [-0.25, -0.2) is 4.79 Å². The van der Waals surface area contributed by atoms with Gasteiger partial charge in [-0.15, -0.1) is 0 Å². The van der Waals surface area contributed by atoms with Crippen LogP contribution in [0, 0.1) is 6.92 Å². The summed E-state index contributed by atoms with van der Waals surface area (Å²) < 4.78 is 0. The Balaban J connectivity index is 1.68. The molecule has 7 heteroatoms. The number of anilines is 1. The molecule has 0 saturated carbocycles. The maximum absolute atomic E-state index is 12.3. The van der Waals surface area contributed by atoms with E-state index >= 15 is 0 Å². The highest BCUT2D eigenvalue weighted by molar-refractivity contribution is 6.30. The Morgan fingerprint density at radius 3 is 2.52 bits per heavy atom. The highest BCUT2D eigenvalue weighted by Crippen LogP contribution is 2.20. The fraction of sp³-hybridized carbons (Fsp3) is 0.167. The minimum Gasteiger partial charge on any atom is -0.329 e. The third-order valence-electron chi connectivity index (χ3n) is 3.93. The summed E-state index contributed by atoms with van der Waals surface area (Å²) in [7, 11) is 0. The summed E-state index contributed by atoms with van der Waals surface area (Å²) in [5.74, 6) is -0.503. The summed E-state index contributed by atoms with van der Waals surface area (Å²) in [6.07, 6.45) is 0. The van der Waals surface area contributed by atoms with Crippen molar-refractivity contribution >= 4 is 35.1 Å². The number of benzene rings is 2. The van der Waals surface area contributed by atoms with Crippen molar-refractivity contribution in [2.45, 2.75) is 13.5 Å². The van der Waals surface area contributed by atoms with Crippen LogP contribution in [0.3, 0.4) is 0 Å². The number of hydrogen-bond acceptors (Lipinski definition) is 3. The van der Waals surface area contributed by atoms with E-state index in [9.17, 15) is 14.4 Å². The highest BCUT2D eigenvalue weighted by Gasteiger charge is 2.28. The second kappa shape index (κ2) is 6.94. The Morgan fingerprint density at radius 2 is 1.92 bits per heavy atom. The van der Waals surface area contributed by atoms with Gasteiger partial charge in [0, 0.05) is 16.3 Å². The normalized spacial score (nSPS) is 13.8. The molecule has 2 aromatic carbocycles. The zero-order chi connectivity index (χ0) is 18.0. The zero-order valence-corrected chi connectivity index (χ0v) is 14.3. The molecule has 0 unspecified atom stereocenters. The zero-order valence-electron chi connectivity index (χ0n) is 13.5. The van der Waals surface area contributed by atoms with Gasteiger partial charge in [0.15, 0.2) is 0 Å². The van der Waals surface area contributed by atoms with Crippen LogP contribution in [0.15, 0.2) is 42.5 Å². The standard InChI is InChI=1S/C18H16ClN3O3/c1-11-8-14(19)6-7-15(11)21-17(24)13-4-2-12(3-5-13)10-22-16(23)9-20-18(22)25/h2-8H,9-10H2,1H3,(H,20,25)(H,21,24). The molecule has 0 aliphatic carbocycles. The van der Waals surface area contributed by atoms with E-state index in [1.807, 2.05) is 6.92 Å². The molecule has 128 valence electrons. The summed E-state index contributed by atoms with van der Waals surface area (Å²) in [5.41, 5.74) is 2.81. The molecule has 2 N–H and O–H groups in total. The lowest BCUT2D eigenvalue weighted by atomic mass is 10.1. The summed E-state index contributed by atoms with van der Waals surface area (Å²) in [6.45, 7) is 2.07. The number of rotatable bonds is 4. The van der Waals surface area contributed by atoms with E-state index in [1.54, 1.807) is 42.5 Å². The van der Waals surface area contributed by atoms with Crippen LogP contribution >= 0.6 is 11.6 Å². The van der Waals surface area contributed by atoms with Crippen molar-refractivity contribution in [1.82, 2.24) is 10.2 Å². The number of hydrogen-bond donors (Lipinski definition) is 2. The Hall–Kier alpha value is -2.86. The fourth-order valence-corrected chi connectivity index (χ4v) is 2.75. The van der Waals surface area contributed by atoms with Crippen molar-refractivity contribution in [2.75, 3.05) is 11.9 Å². The molecule has 6 nitrogen and oxygen atoms in total. The van der Waals surface area contributed by atoms with Gasteiger partial charge < -0.3 is 10.6 Å². The van der Waals surface area contributed by atoms with Crippen LogP contribution in [0.1, 0.15) is 21.5 Å².